The number of benzene rings is 1. The quantitative estimate of drug-likeness (QED) is 0.476. The third-order valence-corrected chi connectivity index (χ3v) is 6.63. The number of aromatic nitrogens is 3. The first-order valence-electron chi connectivity index (χ1n) is 10.8. The van der Waals surface area contributed by atoms with Crippen LogP contribution >= 0.6 is 11.3 Å². The van der Waals surface area contributed by atoms with Gasteiger partial charge in [0.2, 0.25) is 5.91 Å². The third-order valence-electron chi connectivity index (χ3n) is 5.75. The van der Waals surface area contributed by atoms with E-state index < -0.39 is 0 Å². The van der Waals surface area contributed by atoms with Crippen molar-refractivity contribution in [2.24, 2.45) is 5.92 Å². The molecule has 1 fully saturated rings. The second-order valence-electron chi connectivity index (χ2n) is 8.03. The van der Waals surface area contributed by atoms with Crippen LogP contribution in [0.25, 0.3) is 16.3 Å². The number of hydrogen-bond donors (Lipinski definition) is 1. The first kappa shape index (κ1) is 21.1. The van der Waals surface area contributed by atoms with Crippen LogP contribution in [0.4, 0.5) is 5.82 Å². The number of hydrogen-bond acceptors (Lipinski definition) is 6. The molecule has 0 atom stereocenters. The fourth-order valence-corrected chi connectivity index (χ4v) is 4.73. The molecule has 2 amide bonds. The van der Waals surface area contributed by atoms with E-state index in [1.165, 1.54) is 0 Å². The average Bonchev–Trinajstić information content (AvgIpc) is 3.60. The number of piperidine rings is 1. The molecule has 0 saturated carbocycles. The zero-order chi connectivity index (χ0) is 22.8. The van der Waals surface area contributed by atoms with Gasteiger partial charge in [-0.2, -0.15) is 5.10 Å². The Hall–Kier alpha value is -3.72. The summed E-state index contributed by atoms with van der Waals surface area (Å²) in [7, 11) is 0. The second kappa shape index (κ2) is 9.03. The number of amides is 2. The van der Waals surface area contributed by atoms with Crippen LogP contribution < -0.4 is 5.32 Å². The van der Waals surface area contributed by atoms with Gasteiger partial charge in [-0.1, -0.05) is 29.4 Å². The first-order valence-corrected chi connectivity index (χ1v) is 11.7. The minimum absolute atomic E-state index is 0.0634. The largest absolute Gasteiger partial charge is 0.360 e. The van der Waals surface area contributed by atoms with Crippen molar-refractivity contribution >= 4 is 29.0 Å². The van der Waals surface area contributed by atoms with Crippen molar-refractivity contribution in [3.05, 3.63) is 71.4 Å². The van der Waals surface area contributed by atoms with Crippen molar-refractivity contribution in [1.29, 1.82) is 0 Å². The Labute approximate surface area is 194 Å². The Balaban J connectivity index is 1.31. The molecule has 0 spiro atoms. The maximum atomic E-state index is 13.5. The molecule has 1 aromatic carbocycles. The van der Waals surface area contributed by atoms with Crippen molar-refractivity contribution in [2.45, 2.75) is 19.8 Å². The number of carbonyl (C=O) groups is 2. The lowest BCUT2D eigenvalue weighted by molar-refractivity contribution is -0.121. The van der Waals surface area contributed by atoms with Crippen LogP contribution in [0.5, 0.6) is 0 Å². The van der Waals surface area contributed by atoms with Gasteiger partial charge in [0.1, 0.15) is 11.5 Å². The van der Waals surface area contributed by atoms with Crippen LogP contribution in [0, 0.1) is 12.8 Å². The Bertz CT molecular complexity index is 1250. The summed E-state index contributed by atoms with van der Waals surface area (Å²) in [4.78, 5) is 28.8. The summed E-state index contributed by atoms with van der Waals surface area (Å²) in [5.74, 6) is 0.737. The molecule has 1 N–H and O–H groups in total. The lowest BCUT2D eigenvalue weighted by atomic mass is 9.95. The first-order chi connectivity index (χ1) is 16.1. The minimum atomic E-state index is -0.171. The van der Waals surface area contributed by atoms with E-state index in [1.807, 2.05) is 52.7 Å². The molecule has 0 unspecified atom stereocenters. The molecule has 168 valence electrons. The maximum absolute atomic E-state index is 13.5. The predicted molar refractivity (Wildman–Crippen MR) is 125 cm³/mol. The van der Waals surface area contributed by atoms with Crippen molar-refractivity contribution in [3.63, 3.8) is 0 Å². The summed E-state index contributed by atoms with van der Waals surface area (Å²) >= 11 is 1.56. The topological polar surface area (TPSA) is 93.3 Å². The van der Waals surface area contributed by atoms with Gasteiger partial charge in [0.15, 0.2) is 5.82 Å². The van der Waals surface area contributed by atoms with E-state index in [4.69, 9.17) is 9.62 Å². The van der Waals surface area contributed by atoms with Gasteiger partial charge >= 0.3 is 0 Å². The molecule has 1 saturated heterocycles. The minimum Gasteiger partial charge on any atom is -0.360 e. The number of anilines is 1. The molecule has 0 aliphatic carbocycles. The SMILES string of the molecule is Cc1cc(NC(=O)C2CCN(C(=O)c3cn(-c4ccccc4)nc3-c3cccs3)CC2)no1. The highest BCUT2D eigenvalue weighted by atomic mass is 32.1. The lowest BCUT2D eigenvalue weighted by Crippen LogP contribution is -2.41. The molecule has 9 heteroatoms. The number of nitrogens with zero attached hydrogens (tertiary/aromatic N) is 4. The van der Waals surface area contributed by atoms with Gasteiger partial charge < -0.3 is 14.7 Å². The number of aryl methyl sites for hydroxylation is 1. The third kappa shape index (κ3) is 4.45. The van der Waals surface area contributed by atoms with Gasteiger partial charge in [-0.3, -0.25) is 9.59 Å². The van der Waals surface area contributed by atoms with E-state index in [2.05, 4.69) is 10.5 Å². The average molecular weight is 462 g/mol. The summed E-state index contributed by atoms with van der Waals surface area (Å²) in [6, 6.07) is 15.4. The van der Waals surface area contributed by atoms with Gasteiger partial charge in [-0.15, -0.1) is 11.3 Å². The Morgan fingerprint density at radius 2 is 1.91 bits per heavy atom. The van der Waals surface area contributed by atoms with Gasteiger partial charge in [0, 0.05) is 31.3 Å². The zero-order valence-electron chi connectivity index (χ0n) is 18.1. The van der Waals surface area contributed by atoms with E-state index in [1.54, 1.807) is 35.2 Å². The Morgan fingerprint density at radius 1 is 1.12 bits per heavy atom. The molecule has 5 rings (SSSR count). The van der Waals surface area contributed by atoms with Gasteiger partial charge in [0.25, 0.3) is 5.91 Å². The van der Waals surface area contributed by atoms with Crippen LogP contribution in [-0.4, -0.2) is 44.7 Å². The normalized spacial score (nSPS) is 14.4. The van der Waals surface area contributed by atoms with Gasteiger partial charge in [0.05, 0.1) is 16.1 Å². The zero-order valence-corrected chi connectivity index (χ0v) is 18.9. The molecule has 4 aromatic rings. The molecule has 1 aliphatic rings. The van der Waals surface area contributed by atoms with E-state index >= 15 is 0 Å². The smallest absolute Gasteiger partial charge is 0.257 e. The fraction of sp³-hybridized carbons (Fsp3) is 0.250. The summed E-state index contributed by atoms with van der Waals surface area (Å²) in [6.45, 7) is 2.79. The standard InChI is InChI=1S/C24H23N5O3S/c1-16-14-21(27-32-16)25-23(30)17-9-11-28(12-10-17)24(31)19-15-29(18-6-3-2-4-7-18)26-22(19)20-8-5-13-33-20/h2-8,13-15,17H,9-12H2,1H3,(H,25,27,30). The molecular formula is C24H23N5O3S. The summed E-state index contributed by atoms with van der Waals surface area (Å²) in [5, 5.41) is 13.3. The van der Waals surface area contributed by atoms with E-state index in [0.29, 0.717) is 48.8 Å². The van der Waals surface area contributed by atoms with Gasteiger partial charge in [-0.25, -0.2) is 4.68 Å². The Kier molecular flexibility index (Phi) is 5.78. The van der Waals surface area contributed by atoms with Crippen molar-refractivity contribution in [2.75, 3.05) is 18.4 Å². The number of likely N-dealkylation sites (tertiary alicyclic amines) is 1. The van der Waals surface area contributed by atoms with Crippen LogP contribution in [0.15, 0.2) is 64.6 Å². The number of para-hydroxylation sites is 1. The molecule has 33 heavy (non-hydrogen) atoms. The second-order valence-corrected chi connectivity index (χ2v) is 8.98. The van der Waals surface area contributed by atoms with E-state index in [0.717, 1.165) is 10.6 Å². The molecule has 4 heterocycles. The molecule has 0 bridgehead atoms. The van der Waals surface area contributed by atoms with E-state index in [-0.39, 0.29) is 17.7 Å². The predicted octanol–water partition coefficient (Wildman–Crippen LogP) is 4.39. The van der Waals surface area contributed by atoms with Crippen LogP contribution in [0.1, 0.15) is 29.0 Å². The van der Waals surface area contributed by atoms with E-state index in [9.17, 15) is 9.59 Å². The molecule has 0 radical (unpaired) electrons. The number of rotatable bonds is 5. The van der Waals surface area contributed by atoms with Crippen molar-refractivity contribution < 1.29 is 14.1 Å². The highest BCUT2D eigenvalue weighted by Gasteiger charge is 2.30. The molecule has 1 aliphatic heterocycles. The fourth-order valence-electron chi connectivity index (χ4n) is 4.01. The summed E-state index contributed by atoms with van der Waals surface area (Å²) in [5.41, 5.74) is 2.15. The highest BCUT2D eigenvalue weighted by Crippen LogP contribution is 2.30. The van der Waals surface area contributed by atoms with Gasteiger partial charge in [-0.05, 0) is 43.3 Å². The van der Waals surface area contributed by atoms with Crippen LogP contribution in [-0.2, 0) is 4.79 Å². The molecular weight excluding hydrogens is 438 g/mol. The molecule has 8 nitrogen and oxygen atoms in total. The number of nitrogens with one attached hydrogen (secondary N) is 1. The number of thiophene rings is 1. The van der Waals surface area contributed by atoms with Crippen molar-refractivity contribution in [1.82, 2.24) is 19.8 Å². The monoisotopic (exact) mass is 461 g/mol. The summed E-state index contributed by atoms with van der Waals surface area (Å²) in [6.07, 6.45) is 2.99. The highest BCUT2D eigenvalue weighted by molar-refractivity contribution is 7.13. The summed E-state index contributed by atoms with van der Waals surface area (Å²) < 4.78 is 6.75. The van der Waals surface area contributed by atoms with Crippen molar-refractivity contribution in [3.8, 4) is 16.3 Å². The molecule has 3 aromatic heterocycles. The Morgan fingerprint density at radius 3 is 2.58 bits per heavy atom. The maximum Gasteiger partial charge on any atom is 0.257 e. The van der Waals surface area contributed by atoms with Crippen LogP contribution in [0.3, 0.4) is 0 Å². The van der Waals surface area contributed by atoms with Crippen LogP contribution in [0.2, 0.25) is 0 Å². The lowest BCUT2D eigenvalue weighted by Gasteiger charge is -2.31. The number of carbonyl (C=O) groups excluding carboxylic acids is 2.